The van der Waals surface area contributed by atoms with E-state index in [4.69, 9.17) is 0 Å². The van der Waals surface area contributed by atoms with Gasteiger partial charge in [0.2, 0.25) is 0 Å². The van der Waals surface area contributed by atoms with Crippen LogP contribution >= 0.6 is 0 Å². The average Bonchev–Trinajstić information content (AvgIpc) is 2.39. The number of nitrogens with zero attached hydrogens (tertiary/aromatic N) is 1. The molecule has 0 heterocycles. The Balaban J connectivity index is 2.48. The molecular formula is C12H15N. The first-order valence-corrected chi connectivity index (χ1v) is 4.96. The van der Waals surface area contributed by atoms with Gasteiger partial charge in [-0.3, -0.25) is 4.99 Å². The summed E-state index contributed by atoms with van der Waals surface area (Å²) in [6.45, 7) is 0. The van der Waals surface area contributed by atoms with E-state index in [-0.39, 0.29) is 0 Å². The van der Waals surface area contributed by atoms with Crippen LogP contribution in [0, 0.1) is 0 Å². The highest BCUT2D eigenvalue weighted by atomic mass is 14.7. The Morgan fingerprint density at radius 3 is 2.69 bits per heavy atom. The molecule has 1 aliphatic rings. The lowest BCUT2D eigenvalue weighted by Gasteiger charge is -2.05. The molecule has 1 aromatic rings. The Bertz CT molecular complexity index is 326. The molecule has 68 valence electrons. The lowest BCUT2D eigenvalue weighted by Crippen LogP contribution is -2.01. The van der Waals surface area contributed by atoms with Gasteiger partial charge in [0.15, 0.2) is 0 Å². The summed E-state index contributed by atoms with van der Waals surface area (Å²) in [4.78, 5) is 4.37. The molecule has 0 spiro atoms. The summed E-state index contributed by atoms with van der Waals surface area (Å²) in [7, 11) is 1.90. The van der Waals surface area contributed by atoms with Crippen molar-refractivity contribution in [1.82, 2.24) is 0 Å². The molecular weight excluding hydrogens is 158 g/mol. The zero-order valence-electron chi connectivity index (χ0n) is 8.09. The van der Waals surface area contributed by atoms with E-state index in [1.54, 1.807) is 0 Å². The molecule has 0 amide bonds. The summed E-state index contributed by atoms with van der Waals surface area (Å²) in [5.74, 6) is 0. The van der Waals surface area contributed by atoms with Crippen molar-refractivity contribution in [1.29, 1.82) is 0 Å². The predicted molar refractivity (Wildman–Crippen MR) is 56.5 cm³/mol. The Kier molecular flexibility index (Phi) is 2.44. The molecule has 13 heavy (non-hydrogen) atoms. The molecule has 0 saturated heterocycles. The molecule has 0 atom stereocenters. The molecule has 0 unspecified atom stereocenters. The first kappa shape index (κ1) is 8.49. The normalized spacial score (nSPS) is 19.6. The molecule has 0 aliphatic heterocycles. The summed E-state index contributed by atoms with van der Waals surface area (Å²) >= 11 is 0. The molecule has 1 heteroatoms. The number of aliphatic imine (C=N–C) groups is 1. The molecule has 0 fully saturated rings. The highest BCUT2D eigenvalue weighted by molar-refractivity contribution is 6.02. The van der Waals surface area contributed by atoms with Crippen molar-refractivity contribution in [2.24, 2.45) is 4.99 Å². The number of rotatable bonds is 0. The lowest BCUT2D eigenvalue weighted by atomic mass is 10.0. The van der Waals surface area contributed by atoms with Crippen LogP contribution in [0.4, 0.5) is 0 Å². The van der Waals surface area contributed by atoms with E-state index >= 15 is 0 Å². The SMILES string of the molecule is CN=C1CCCCc2ccccc21. The van der Waals surface area contributed by atoms with E-state index in [2.05, 4.69) is 29.3 Å². The minimum atomic E-state index is 1.15. The maximum atomic E-state index is 4.37. The number of aryl methyl sites for hydroxylation is 1. The second kappa shape index (κ2) is 3.73. The van der Waals surface area contributed by atoms with E-state index in [0.717, 1.165) is 6.42 Å². The van der Waals surface area contributed by atoms with Crippen LogP contribution in [0.25, 0.3) is 0 Å². The second-order valence-corrected chi connectivity index (χ2v) is 3.53. The van der Waals surface area contributed by atoms with Gasteiger partial charge in [-0.1, -0.05) is 24.3 Å². The number of benzene rings is 1. The van der Waals surface area contributed by atoms with Crippen LogP contribution in [-0.4, -0.2) is 12.8 Å². The molecule has 2 rings (SSSR count). The lowest BCUT2D eigenvalue weighted by molar-refractivity contribution is 0.776. The Morgan fingerprint density at radius 1 is 1.08 bits per heavy atom. The third-order valence-electron chi connectivity index (χ3n) is 2.71. The zero-order valence-corrected chi connectivity index (χ0v) is 8.09. The van der Waals surface area contributed by atoms with Crippen LogP contribution in [0.15, 0.2) is 29.3 Å². The first-order valence-electron chi connectivity index (χ1n) is 4.96. The van der Waals surface area contributed by atoms with Gasteiger partial charge < -0.3 is 0 Å². The molecule has 1 nitrogen and oxygen atoms in total. The third kappa shape index (κ3) is 1.64. The van der Waals surface area contributed by atoms with Crippen LogP contribution in [0.3, 0.4) is 0 Å². The predicted octanol–water partition coefficient (Wildman–Crippen LogP) is 2.83. The van der Waals surface area contributed by atoms with E-state index < -0.39 is 0 Å². The zero-order chi connectivity index (χ0) is 9.10. The Morgan fingerprint density at radius 2 is 1.85 bits per heavy atom. The van der Waals surface area contributed by atoms with Gasteiger partial charge in [0.05, 0.1) is 0 Å². The number of hydrogen-bond acceptors (Lipinski definition) is 1. The minimum Gasteiger partial charge on any atom is -0.292 e. The van der Waals surface area contributed by atoms with E-state index in [1.165, 1.54) is 36.1 Å². The van der Waals surface area contributed by atoms with Gasteiger partial charge in [-0.25, -0.2) is 0 Å². The number of fused-ring (bicyclic) bond motifs is 1. The number of hydrogen-bond donors (Lipinski definition) is 0. The standard InChI is InChI=1S/C12H15N/c1-13-12-9-5-3-7-10-6-2-4-8-11(10)12/h2,4,6,8H,3,5,7,9H2,1H3. The Hall–Kier alpha value is -1.11. The molecule has 0 aromatic heterocycles. The van der Waals surface area contributed by atoms with Gasteiger partial charge in [0, 0.05) is 12.8 Å². The monoisotopic (exact) mass is 173 g/mol. The van der Waals surface area contributed by atoms with Crippen molar-refractivity contribution in [3.63, 3.8) is 0 Å². The van der Waals surface area contributed by atoms with E-state index in [9.17, 15) is 0 Å². The Labute approximate surface area is 79.5 Å². The van der Waals surface area contributed by atoms with Crippen molar-refractivity contribution in [2.75, 3.05) is 7.05 Å². The summed E-state index contributed by atoms with van der Waals surface area (Å²) < 4.78 is 0. The van der Waals surface area contributed by atoms with Gasteiger partial charge in [0.25, 0.3) is 0 Å². The minimum absolute atomic E-state index is 1.15. The van der Waals surface area contributed by atoms with Crippen LogP contribution in [0.5, 0.6) is 0 Å². The molecule has 1 aliphatic carbocycles. The highest BCUT2D eigenvalue weighted by Crippen LogP contribution is 2.20. The third-order valence-corrected chi connectivity index (χ3v) is 2.71. The van der Waals surface area contributed by atoms with E-state index in [0.29, 0.717) is 0 Å². The van der Waals surface area contributed by atoms with Crippen LogP contribution < -0.4 is 0 Å². The van der Waals surface area contributed by atoms with Crippen molar-refractivity contribution in [2.45, 2.75) is 25.7 Å². The largest absolute Gasteiger partial charge is 0.292 e. The van der Waals surface area contributed by atoms with Gasteiger partial charge in [-0.15, -0.1) is 0 Å². The van der Waals surface area contributed by atoms with Crippen molar-refractivity contribution < 1.29 is 0 Å². The van der Waals surface area contributed by atoms with Crippen molar-refractivity contribution in [3.8, 4) is 0 Å². The molecule has 1 aromatic carbocycles. The molecule has 0 N–H and O–H groups in total. The second-order valence-electron chi connectivity index (χ2n) is 3.53. The van der Waals surface area contributed by atoms with Gasteiger partial charge >= 0.3 is 0 Å². The van der Waals surface area contributed by atoms with Crippen molar-refractivity contribution in [3.05, 3.63) is 35.4 Å². The summed E-state index contributed by atoms with van der Waals surface area (Å²) in [5.41, 5.74) is 4.14. The topological polar surface area (TPSA) is 12.4 Å². The molecule has 0 radical (unpaired) electrons. The summed E-state index contributed by atoms with van der Waals surface area (Å²) in [5, 5.41) is 0. The van der Waals surface area contributed by atoms with Gasteiger partial charge in [0.1, 0.15) is 0 Å². The van der Waals surface area contributed by atoms with E-state index in [1.807, 2.05) is 7.05 Å². The van der Waals surface area contributed by atoms with Gasteiger partial charge in [-0.2, -0.15) is 0 Å². The molecule has 0 saturated carbocycles. The fourth-order valence-corrected chi connectivity index (χ4v) is 1.99. The maximum absolute atomic E-state index is 4.37. The fourth-order valence-electron chi connectivity index (χ4n) is 1.99. The summed E-state index contributed by atoms with van der Waals surface area (Å²) in [6, 6.07) is 8.65. The quantitative estimate of drug-likeness (QED) is 0.535. The molecule has 0 bridgehead atoms. The van der Waals surface area contributed by atoms with Crippen LogP contribution in [0.1, 0.15) is 30.4 Å². The smallest absolute Gasteiger partial charge is 0.0419 e. The maximum Gasteiger partial charge on any atom is 0.0419 e. The highest BCUT2D eigenvalue weighted by Gasteiger charge is 2.11. The van der Waals surface area contributed by atoms with Crippen LogP contribution in [-0.2, 0) is 6.42 Å². The summed E-state index contributed by atoms with van der Waals surface area (Å²) in [6.07, 6.45) is 4.94. The van der Waals surface area contributed by atoms with Crippen LogP contribution in [0.2, 0.25) is 0 Å². The average molecular weight is 173 g/mol. The van der Waals surface area contributed by atoms with Crippen molar-refractivity contribution >= 4 is 5.71 Å². The first-order chi connectivity index (χ1) is 6.42. The van der Waals surface area contributed by atoms with Gasteiger partial charge in [-0.05, 0) is 36.8 Å². The fraction of sp³-hybridized carbons (Fsp3) is 0.417.